The van der Waals surface area contributed by atoms with Crippen molar-refractivity contribution in [1.82, 2.24) is 29.9 Å². The van der Waals surface area contributed by atoms with Gasteiger partial charge < -0.3 is 5.32 Å². The maximum Gasteiger partial charge on any atom is 0.223 e. The van der Waals surface area contributed by atoms with Crippen molar-refractivity contribution < 1.29 is 4.79 Å². The number of ketones is 1. The Morgan fingerprint density at radius 3 is 2.63 bits per heavy atom. The molecule has 38 heavy (non-hydrogen) atoms. The van der Waals surface area contributed by atoms with Crippen LogP contribution in [0.3, 0.4) is 0 Å². The Morgan fingerprint density at radius 2 is 1.87 bits per heavy atom. The fraction of sp³-hybridized carbons (Fsp3) is 0.345. The van der Waals surface area contributed by atoms with Gasteiger partial charge in [-0.05, 0) is 42.7 Å². The van der Waals surface area contributed by atoms with Gasteiger partial charge in [-0.3, -0.25) is 9.78 Å². The molecule has 9 heteroatoms. The van der Waals surface area contributed by atoms with Crippen LogP contribution >= 0.6 is 0 Å². The molecule has 4 aromatic rings. The lowest BCUT2D eigenvalue weighted by Gasteiger charge is -2.18. The quantitative estimate of drug-likeness (QED) is 0.379. The van der Waals surface area contributed by atoms with E-state index in [-0.39, 0.29) is 11.3 Å². The molecule has 9 nitrogen and oxygen atoms in total. The van der Waals surface area contributed by atoms with Crippen molar-refractivity contribution >= 4 is 11.7 Å². The Balaban J connectivity index is 1.44. The molecule has 3 aromatic heterocycles. The lowest BCUT2D eigenvalue weighted by Crippen LogP contribution is -2.15. The highest BCUT2D eigenvalue weighted by molar-refractivity contribution is 5.80. The number of pyridine rings is 1. The third kappa shape index (κ3) is 5.92. The maximum absolute atomic E-state index is 11.7. The van der Waals surface area contributed by atoms with Gasteiger partial charge >= 0.3 is 0 Å². The molecule has 1 aliphatic carbocycles. The SMILES string of the molecule is CC(C)(C)c1cccc(Cn2cc(-c3cc(-c4cccc(C#N)c4)nc(NCC4CCC(=O)C4)n3)nn2)n1. The van der Waals surface area contributed by atoms with E-state index < -0.39 is 0 Å². The molecular formula is C29H30N8O. The molecule has 1 saturated carbocycles. The summed E-state index contributed by atoms with van der Waals surface area (Å²) in [4.78, 5) is 25.9. The number of Topliss-reactive ketones (excluding diaryl/α,β-unsaturated/α-hetero) is 1. The van der Waals surface area contributed by atoms with Crippen LogP contribution in [0.4, 0.5) is 5.95 Å². The minimum Gasteiger partial charge on any atom is -0.354 e. The molecule has 0 aliphatic heterocycles. The number of rotatable bonds is 7. The van der Waals surface area contributed by atoms with Gasteiger partial charge in [0.1, 0.15) is 11.5 Å². The molecule has 1 atom stereocenters. The molecule has 5 rings (SSSR count). The predicted octanol–water partition coefficient (Wildman–Crippen LogP) is 4.80. The molecule has 1 unspecified atom stereocenters. The summed E-state index contributed by atoms with van der Waals surface area (Å²) < 4.78 is 1.75. The van der Waals surface area contributed by atoms with E-state index in [1.807, 2.05) is 42.6 Å². The number of hydrogen-bond donors (Lipinski definition) is 1. The molecule has 0 saturated heterocycles. The topological polar surface area (TPSA) is 122 Å². The highest BCUT2D eigenvalue weighted by Crippen LogP contribution is 2.27. The minimum absolute atomic E-state index is 0.0427. The number of aromatic nitrogens is 6. The van der Waals surface area contributed by atoms with E-state index in [2.05, 4.69) is 42.5 Å². The average Bonchev–Trinajstić information content (AvgIpc) is 3.56. The standard InChI is InChI=1S/C29H30N8O/c1-29(2,3)27-9-5-8-22(32-27)17-37-18-26(35-36-37)25-14-24(21-7-4-6-19(12-21)15-30)33-28(34-25)31-16-20-10-11-23(38)13-20/h4-9,12,14,18,20H,10-11,13,16-17H2,1-3H3,(H,31,33,34). The van der Waals surface area contributed by atoms with Gasteiger partial charge in [0.25, 0.3) is 0 Å². The average molecular weight is 507 g/mol. The molecule has 1 aromatic carbocycles. The van der Waals surface area contributed by atoms with Gasteiger partial charge in [0.15, 0.2) is 0 Å². The number of benzene rings is 1. The molecule has 1 N–H and O–H groups in total. The lowest BCUT2D eigenvalue weighted by molar-refractivity contribution is -0.117. The summed E-state index contributed by atoms with van der Waals surface area (Å²) in [5.74, 6) is 1.03. The van der Waals surface area contributed by atoms with Gasteiger partial charge in [0.05, 0.1) is 41.5 Å². The molecule has 0 spiro atoms. The van der Waals surface area contributed by atoms with Crippen LogP contribution in [0.2, 0.25) is 0 Å². The van der Waals surface area contributed by atoms with Gasteiger partial charge in [0, 0.05) is 36.1 Å². The Hall–Kier alpha value is -4.45. The van der Waals surface area contributed by atoms with Crippen LogP contribution in [-0.4, -0.2) is 42.3 Å². The summed E-state index contributed by atoms with van der Waals surface area (Å²) in [5, 5.41) is 21.4. The molecule has 0 amide bonds. The van der Waals surface area contributed by atoms with Crippen LogP contribution in [0.5, 0.6) is 0 Å². The van der Waals surface area contributed by atoms with Crippen molar-refractivity contribution in [3.63, 3.8) is 0 Å². The first kappa shape index (κ1) is 25.2. The van der Waals surface area contributed by atoms with E-state index in [0.29, 0.717) is 60.3 Å². The van der Waals surface area contributed by atoms with Gasteiger partial charge in [0.2, 0.25) is 5.95 Å². The fourth-order valence-corrected chi connectivity index (χ4v) is 4.50. The number of nitrogens with one attached hydrogen (secondary N) is 1. The zero-order valence-corrected chi connectivity index (χ0v) is 21.8. The second-order valence-electron chi connectivity index (χ2n) is 10.7. The number of nitriles is 1. The molecule has 0 bridgehead atoms. The second kappa shape index (κ2) is 10.5. The van der Waals surface area contributed by atoms with E-state index in [0.717, 1.165) is 23.4 Å². The number of hydrogen-bond acceptors (Lipinski definition) is 8. The van der Waals surface area contributed by atoms with Crippen molar-refractivity contribution in [3.05, 3.63) is 71.7 Å². The van der Waals surface area contributed by atoms with Gasteiger partial charge in [-0.25, -0.2) is 14.6 Å². The third-order valence-electron chi connectivity index (χ3n) is 6.61. The van der Waals surface area contributed by atoms with Crippen LogP contribution in [0.25, 0.3) is 22.6 Å². The fourth-order valence-electron chi connectivity index (χ4n) is 4.50. The Kier molecular flexibility index (Phi) is 6.97. The normalized spacial score (nSPS) is 15.4. The molecule has 1 aliphatic rings. The second-order valence-corrected chi connectivity index (χ2v) is 10.7. The molecular weight excluding hydrogens is 476 g/mol. The first-order valence-corrected chi connectivity index (χ1v) is 12.8. The number of carbonyl (C=O) groups is 1. The van der Waals surface area contributed by atoms with E-state index >= 15 is 0 Å². The van der Waals surface area contributed by atoms with E-state index in [4.69, 9.17) is 15.0 Å². The zero-order valence-electron chi connectivity index (χ0n) is 21.8. The van der Waals surface area contributed by atoms with Crippen molar-refractivity contribution in [3.8, 4) is 28.7 Å². The first-order chi connectivity index (χ1) is 18.3. The molecule has 1 fully saturated rings. The highest BCUT2D eigenvalue weighted by Gasteiger charge is 2.22. The van der Waals surface area contributed by atoms with E-state index in [9.17, 15) is 10.1 Å². The molecule has 0 radical (unpaired) electrons. The van der Waals surface area contributed by atoms with Crippen LogP contribution in [0.15, 0.2) is 54.7 Å². The summed E-state index contributed by atoms with van der Waals surface area (Å²) in [7, 11) is 0. The molecule has 192 valence electrons. The summed E-state index contributed by atoms with van der Waals surface area (Å²) in [5.41, 5.74) is 5.14. The summed E-state index contributed by atoms with van der Waals surface area (Å²) in [6, 6.07) is 17.4. The van der Waals surface area contributed by atoms with Crippen LogP contribution < -0.4 is 5.32 Å². The van der Waals surface area contributed by atoms with Crippen LogP contribution in [-0.2, 0) is 16.8 Å². The zero-order chi connectivity index (χ0) is 26.7. The third-order valence-corrected chi connectivity index (χ3v) is 6.61. The lowest BCUT2D eigenvalue weighted by atomic mass is 9.91. The number of anilines is 1. The van der Waals surface area contributed by atoms with Crippen molar-refractivity contribution in [1.29, 1.82) is 5.26 Å². The maximum atomic E-state index is 11.7. The Morgan fingerprint density at radius 1 is 1.05 bits per heavy atom. The van der Waals surface area contributed by atoms with E-state index in [1.165, 1.54) is 0 Å². The van der Waals surface area contributed by atoms with Crippen LogP contribution in [0, 0.1) is 17.2 Å². The number of nitrogens with zero attached hydrogens (tertiary/aromatic N) is 7. The first-order valence-electron chi connectivity index (χ1n) is 12.8. The van der Waals surface area contributed by atoms with Crippen molar-refractivity contribution in [2.24, 2.45) is 5.92 Å². The number of carbonyl (C=O) groups excluding carboxylic acids is 1. The van der Waals surface area contributed by atoms with Gasteiger partial charge in [-0.2, -0.15) is 5.26 Å². The summed E-state index contributed by atoms with van der Waals surface area (Å²) in [6.07, 6.45) is 3.95. The summed E-state index contributed by atoms with van der Waals surface area (Å²) in [6.45, 7) is 7.53. The smallest absolute Gasteiger partial charge is 0.223 e. The summed E-state index contributed by atoms with van der Waals surface area (Å²) >= 11 is 0. The Bertz CT molecular complexity index is 1510. The van der Waals surface area contributed by atoms with Gasteiger partial charge in [-0.1, -0.05) is 44.2 Å². The van der Waals surface area contributed by atoms with Crippen LogP contribution in [0.1, 0.15) is 57.0 Å². The molecule has 3 heterocycles. The van der Waals surface area contributed by atoms with Crippen molar-refractivity contribution in [2.45, 2.75) is 52.0 Å². The monoisotopic (exact) mass is 506 g/mol. The predicted molar refractivity (Wildman–Crippen MR) is 144 cm³/mol. The van der Waals surface area contributed by atoms with E-state index in [1.54, 1.807) is 16.8 Å². The highest BCUT2D eigenvalue weighted by atomic mass is 16.1. The minimum atomic E-state index is -0.0427. The largest absolute Gasteiger partial charge is 0.354 e. The van der Waals surface area contributed by atoms with Gasteiger partial charge in [-0.15, -0.1) is 5.10 Å². The Labute approximate surface area is 222 Å². The van der Waals surface area contributed by atoms with Crippen molar-refractivity contribution in [2.75, 3.05) is 11.9 Å².